The number of nitrogens with zero attached hydrogens (tertiary/aromatic N) is 1. The topological polar surface area (TPSA) is 105 Å². The van der Waals surface area contributed by atoms with E-state index >= 15 is 0 Å². The van der Waals surface area contributed by atoms with Crippen LogP contribution in [0.5, 0.6) is 0 Å². The van der Waals surface area contributed by atoms with Gasteiger partial charge in [0.15, 0.2) is 0 Å². The Morgan fingerprint density at radius 1 is 1.53 bits per heavy atom. The minimum Gasteiger partial charge on any atom is -0.394 e. The van der Waals surface area contributed by atoms with Crippen molar-refractivity contribution in [1.29, 1.82) is 0 Å². The van der Waals surface area contributed by atoms with Gasteiger partial charge in [-0.2, -0.15) is 0 Å². The van der Waals surface area contributed by atoms with Crippen LogP contribution in [0.15, 0.2) is 15.8 Å². The Hall–Kier alpha value is -1.15. The second-order valence-corrected chi connectivity index (χ2v) is 4.75. The first-order valence-corrected chi connectivity index (χ1v) is 6.45. The SMILES string of the molecule is O=c1[nH]c(=O)n([C@H]2C[C@H](O)[C@@H](CO)O2)cc1CCCl. The molecule has 1 aromatic heterocycles. The zero-order valence-corrected chi connectivity index (χ0v) is 10.8. The summed E-state index contributed by atoms with van der Waals surface area (Å²) < 4.78 is 6.58. The molecule has 1 fully saturated rings. The number of aromatic nitrogens is 2. The lowest BCUT2D eigenvalue weighted by molar-refractivity contribution is -0.0459. The molecule has 19 heavy (non-hydrogen) atoms. The average molecular weight is 291 g/mol. The van der Waals surface area contributed by atoms with Gasteiger partial charge >= 0.3 is 5.69 Å². The van der Waals surface area contributed by atoms with Gasteiger partial charge in [0, 0.05) is 24.1 Å². The second kappa shape index (κ2) is 5.87. The molecule has 2 heterocycles. The molecule has 1 aliphatic rings. The van der Waals surface area contributed by atoms with Gasteiger partial charge in [-0.05, 0) is 6.42 Å². The number of aliphatic hydroxyl groups excluding tert-OH is 2. The molecule has 3 atom stereocenters. The van der Waals surface area contributed by atoms with Crippen molar-refractivity contribution < 1.29 is 14.9 Å². The van der Waals surface area contributed by atoms with E-state index in [1.54, 1.807) is 0 Å². The standard InChI is InChI=1S/C11H15ClN2O5/c12-2-1-6-4-14(11(18)13-10(6)17)9-3-7(16)8(5-15)19-9/h4,7-9,15-16H,1-3,5H2,(H,13,17,18)/t7-,8+,9+/m0/s1. The smallest absolute Gasteiger partial charge is 0.330 e. The van der Waals surface area contributed by atoms with Crippen LogP contribution in [0.25, 0.3) is 0 Å². The highest BCUT2D eigenvalue weighted by Crippen LogP contribution is 2.27. The Labute approximate surface area is 113 Å². The van der Waals surface area contributed by atoms with E-state index in [0.717, 1.165) is 0 Å². The summed E-state index contributed by atoms with van der Waals surface area (Å²) in [6, 6.07) is 0. The summed E-state index contributed by atoms with van der Waals surface area (Å²) in [5, 5.41) is 18.7. The van der Waals surface area contributed by atoms with Crippen LogP contribution in [-0.2, 0) is 11.2 Å². The quantitative estimate of drug-likeness (QED) is 0.614. The van der Waals surface area contributed by atoms with Gasteiger partial charge in [0.2, 0.25) is 0 Å². The van der Waals surface area contributed by atoms with E-state index in [4.69, 9.17) is 21.4 Å². The molecule has 2 rings (SSSR count). The zero-order valence-electron chi connectivity index (χ0n) is 10.1. The van der Waals surface area contributed by atoms with Crippen LogP contribution in [0.1, 0.15) is 18.2 Å². The summed E-state index contributed by atoms with van der Waals surface area (Å²) in [5.74, 6) is 0.259. The first-order chi connectivity index (χ1) is 9.06. The van der Waals surface area contributed by atoms with E-state index in [1.807, 2.05) is 0 Å². The Kier molecular flexibility index (Phi) is 4.41. The van der Waals surface area contributed by atoms with Gasteiger partial charge in [-0.1, -0.05) is 0 Å². The molecular weight excluding hydrogens is 276 g/mol. The number of aryl methyl sites for hydroxylation is 1. The summed E-state index contributed by atoms with van der Waals surface area (Å²) in [6.45, 7) is -0.329. The number of nitrogens with one attached hydrogen (secondary N) is 1. The summed E-state index contributed by atoms with van der Waals surface area (Å²) >= 11 is 5.58. The van der Waals surface area contributed by atoms with Gasteiger partial charge in [-0.3, -0.25) is 14.3 Å². The van der Waals surface area contributed by atoms with Crippen molar-refractivity contribution >= 4 is 11.6 Å². The molecule has 8 heteroatoms. The third kappa shape index (κ3) is 2.89. The maximum Gasteiger partial charge on any atom is 0.330 e. The average Bonchev–Trinajstić information content (AvgIpc) is 2.74. The molecule has 1 aromatic rings. The van der Waals surface area contributed by atoms with Crippen molar-refractivity contribution in [3.8, 4) is 0 Å². The number of aliphatic hydroxyl groups is 2. The molecule has 0 spiro atoms. The number of hydrogen-bond acceptors (Lipinski definition) is 5. The fourth-order valence-corrected chi connectivity index (χ4v) is 2.27. The number of H-pyrrole nitrogens is 1. The van der Waals surface area contributed by atoms with Crippen LogP contribution >= 0.6 is 11.6 Å². The molecule has 1 saturated heterocycles. The molecule has 0 amide bonds. The van der Waals surface area contributed by atoms with Crippen LogP contribution in [0.3, 0.4) is 0 Å². The van der Waals surface area contributed by atoms with Gasteiger partial charge in [0.05, 0.1) is 12.7 Å². The lowest BCUT2D eigenvalue weighted by Crippen LogP contribution is -2.34. The van der Waals surface area contributed by atoms with E-state index < -0.39 is 29.7 Å². The molecule has 7 nitrogen and oxygen atoms in total. The van der Waals surface area contributed by atoms with Crippen molar-refractivity contribution in [3.05, 3.63) is 32.6 Å². The minimum absolute atomic E-state index is 0.178. The fourth-order valence-electron chi connectivity index (χ4n) is 2.07. The number of rotatable bonds is 4. The number of ether oxygens (including phenoxy) is 1. The maximum atomic E-state index is 11.7. The monoisotopic (exact) mass is 290 g/mol. The minimum atomic E-state index is -0.842. The molecule has 0 bridgehead atoms. The van der Waals surface area contributed by atoms with E-state index in [9.17, 15) is 14.7 Å². The molecular formula is C11H15ClN2O5. The number of alkyl halides is 1. The number of halogens is 1. The van der Waals surface area contributed by atoms with Gasteiger partial charge in [0.1, 0.15) is 12.3 Å². The van der Waals surface area contributed by atoms with Crippen LogP contribution in [0, 0.1) is 0 Å². The fraction of sp³-hybridized carbons (Fsp3) is 0.636. The van der Waals surface area contributed by atoms with Crippen LogP contribution in [0.4, 0.5) is 0 Å². The van der Waals surface area contributed by atoms with Crippen molar-refractivity contribution in [2.45, 2.75) is 31.3 Å². The number of hydrogen-bond donors (Lipinski definition) is 3. The highest BCUT2D eigenvalue weighted by molar-refractivity contribution is 6.17. The summed E-state index contributed by atoms with van der Waals surface area (Å²) in [6.07, 6.45) is -0.371. The van der Waals surface area contributed by atoms with Crippen molar-refractivity contribution in [1.82, 2.24) is 9.55 Å². The van der Waals surface area contributed by atoms with Gasteiger partial charge in [-0.25, -0.2) is 4.79 Å². The third-order valence-corrected chi connectivity index (χ3v) is 3.29. The lowest BCUT2D eigenvalue weighted by atomic mass is 10.2. The molecule has 106 valence electrons. The number of aromatic amines is 1. The maximum absolute atomic E-state index is 11.7. The van der Waals surface area contributed by atoms with E-state index in [0.29, 0.717) is 12.0 Å². The normalized spacial score (nSPS) is 26.8. The van der Waals surface area contributed by atoms with Crippen LogP contribution in [-0.4, -0.2) is 44.5 Å². The molecule has 0 aliphatic carbocycles. The van der Waals surface area contributed by atoms with Gasteiger partial charge in [0.25, 0.3) is 5.56 Å². The second-order valence-electron chi connectivity index (χ2n) is 4.37. The molecule has 0 aromatic carbocycles. The Bertz CT molecular complexity index is 555. The third-order valence-electron chi connectivity index (χ3n) is 3.10. The largest absolute Gasteiger partial charge is 0.394 e. The van der Waals surface area contributed by atoms with Crippen molar-refractivity contribution in [2.24, 2.45) is 0 Å². The van der Waals surface area contributed by atoms with E-state index in [2.05, 4.69) is 4.98 Å². The highest BCUT2D eigenvalue weighted by atomic mass is 35.5. The van der Waals surface area contributed by atoms with E-state index in [-0.39, 0.29) is 18.9 Å². The van der Waals surface area contributed by atoms with Crippen LogP contribution in [0.2, 0.25) is 0 Å². The molecule has 0 saturated carbocycles. The lowest BCUT2D eigenvalue weighted by Gasteiger charge is -2.15. The Morgan fingerprint density at radius 3 is 2.84 bits per heavy atom. The zero-order chi connectivity index (χ0) is 14.0. The predicted octanol–water partition coefficient (Wildman–Crippen LogP) is -1.04. The Morgan fingerprint density at radius 2 is 2.26 bits per heavy atom. The van der Waals surface area contributed by atoms with Crippen LogP contribution < -0.4 is 11.2 Å². The van der Waals surface area contributed by atoms with E-state index in [1.165, 1.54) is 10.8 Å². The predicted molar refractivity (Wildman–Crippen MR) is 67.4 cm³/mol. The van der Waals surface area contributed by atoms with Crippen molar-refractivity contribution in [2.75, 3.05) is 12.5 Å². The summed E-state index contributed by atoms with van der Waals surface area (Å²) in [7, 11) is 0. The molecule has 1 aliphatic heterocycles. The summed E-state index contributed by atoms with van der Waals surface area (Å²) in [5.41, 5.74) is -0.710. The first kappa shape index (κ1) is 14.3. The van der Waals surface area contributed by atoms with Gasteiger partial charge in [-0.15, -0.1) is 11.6 Å². The summed E-state index contributed by atoms with van der Waals surface area (Å²) in [4.78, 5) is 25.4. The molecule has 0 unspecified atom stereocenters. The van der Waals surface area contributed by atoms with Gasteiger partial charge < -0.3 is 14.9 Å². The van der Waals surface area contributed by atoms with Crippen molar-refractivity contribution in [3.63, 3.8) is 0 Å². The molecule has 3 N–H and O–H groups in total. The molecule has 0 radical (unpaired) electrons. The Balaban J connectivity index is 2.33. The first-order valence-electron chi connectivity index (χ1n) is 5.91. The highest BCUT2D eigenvalue weighted by Gasteiger charge is 2.35.